The number of hydrogen-bond acceptors (Lipinski definition) is 4. The summed E-state index contributed by atoms with van der Waals surface area (Å²) in [5, 5.41) is 10.7. The summed E-state index contributed by atoms with van der Waals surface area (Å²) in [7, 11) is 0. The highest BCUT2D eigenvalue weighted by atomic mass is 19.1. The van der Waals surface area contributed by atoms with Crippen molar-refractivity contribution in [3.63, 3.8) is 0 Å². The lowest BCUT2D eigenvalue weighted by Gasteiger charge is -2.23. The molecule has 1 unspecified atom stereocenters. The van der Waals surface area contributed by atoms with E-state index in [1.807, 2.05) is 0 Å². The molecule has 0 spiro atoms. The second kappa shape index (κ2) is 6.27. The molecule has 0 saturated heterocycles. The fourth-order valence-corrected chi connectivity index (χ4v) is 1.79. The van der Waals surface area contributed by atoms with Gasteiger partial charge in [0.2, 0.25) is 0 Å². The van der Waals surface area contributed by atoms with Gasteiger partial charge >= 0.3 is 5.97 Å². The van der Waals surface area contributed by atoms with Crippen LogP contribution in [0.3, 0.4) is 0 Å². The minimum absolute atomic E-state index is 0.0773. The molecule has 108 valence electrons. The van der Waals surface area contributed by atoms with Crippen LogP contribution < -0.4 is 0 Å². The number of nitrogens with zero attached hydrogens (tertiary/aromatic N) is 1. The molecule has 1 aromatic rings. The number of halogens is 1. The second-order valence-electron chi connectivity index (χ2n) is 4.59. The Labute approximate surface area is 116 Å². The van der Waals surface area contributed by atoms with Crippen LogP contribution in [-0.2, 0) is 16.0 Å². The summed E-state index contributed by atoms with van der Waals surface area (Å²) in [4.78, 5) is 21.9. The van der Waals surface area contributed by atoms with Gasteiger partial charge in [-0.2, -0.15) is 0 Å². The van der Waals surface area contributed by atoms with E-state index in [9.17, 15) is 19.3 Å². The van der Waals surface area contributed by atoms with Crippen LogP contribution in [0.15, 0.2) is 30.9 Å². The van der Waals surface area contributed by atoms with E-state index in [1.165, 1.54) is 12.1 Å². The van der Waals surface area contributed by atoms with Gasteiger partial charge in [0, 0.05) is 6.07 Å². The predicted octanol–water partition coefficient (Wildman–Crippen LogP) is 3.03. The first-order chi connectivity index (χ1) is 9.32. The Balaban J connectivity index is 3.09. The van der Waals surface area contributed by atoms with Crippen LogP contribution >= 0.6 is 0 Å². The summed E-state index contributed by atoms with van der Waals surface area (Å²) >= 11 is 0. The largest absolute Gasteiger partial charge is 0.465 e. The van der Waals surface area contributed by atoms with Crippen molar-refractivity contribution >= 4 is 11.7 Å². The molecule has 0 saturated carbocycles. The van der Waals surface area contributed by atoms with Gasteiger partial charge in [-0.3, -0.25) is 14.9 Å². The Morgan fingerprint density at radius 3 is 2.70 bits per heavy atom. The van der Waals surface area contributed by atoms with Crippen molar-refractivity contribution in [1.29, 1.82) is 0 Å². The van der Waals surface area contributed by atoms with Crippen LogP contribution in [0, 0.1) is 21.3 Å². The molecule has 0 aromatic heterocycles. The third kappa shape index (κ3) is 3.63. The zero-order valence-electron chi connectivity index (χ0n) is 11.4. The van der Waals surface area contributed by atoms with E-state index in [0.717, 1.165) is 12.1 Å². The van der Waals surface area contributed by atoms with Crippen LogP contribution in [0.2, 0.25) is 0 Å². The number of rotatable bonds is 6. The maximum atomic E-state index is 13.4. The quantitative estimate of drug-likeness (QED) is 0.348. The second-order valence-corrected chi connectivity index (χ2v) is 4.59. The lowest BCUT2D eigenvalue weighted by atomic mass is 9.83. The van der Waals surface area contributed by atoms with Crippen LogP contribution in [0.1, 0.15) is 19.4 Å². The van der Waals surface area contributed by atoms with Crippen molar-refractivity contribution in [2.24, 2.45) is 5.41 Å². The smallest absolute Gasteiger partial charge is 0.315 e. The lowest BCUT2D eigenvalue weighted by molar-refractivity contribution is -0.385. The van der Waals surface area contributed by atoms with E-state index in [4.69, 9.17) is 4.74 Å². The van der Waals surface area contributed by atoms with Gasteiger partial charge in [0.05, 0.1) is 23.0 Å². The van der Waals surface area contributed by atoms with Crippen LogP contribution in [-0.4, -0.2) is 17.5 Å². The minimum Gasteiger partial charge on any atom is -0.465 e. The molecule has 0 aliphatic heterocycles. The molecule has 0 radical (unpaired) electrons. The molecule has 0 heterocycles. The third-order valence-electron chi connectivity index (χ3n) is 2.92. The van der Waals surface area contributed by atoms with Gasteiger partial charge in [-0.25, -0.2) is 4.39 Å². The van der Waals surface area contributed by atoms with Crippen molar-refractivity contribution in [3.8, 4) is 0 Å². The molecule has 6 heteroatoms. The number of ether oxygens (including phenoxy) is 1. The van der Waals surface area contributed by atoms with Crippen molar-refractivity contribution in [2.75, 3.05) is 6.61 Å². The fraction of sp³-hybridized carbons (Fsp3) is 0.357. The highest BCUT2D eigenvalue weighted by Gasteiger charge is 2.32. The van der Waals surface area contributed by atoms with Gasteiger partial charge in [-0.1, -0.05) is 6.08 Å². The summed E-state index contributed by atoms with van der Waals surface area (Å²) < 4.78 is 18.3. The van der Waals surface area contributed by atoms with Gasteiger partial charge in [0.15, 0.2) is 0 Å². The van der Waals surface area contributed by atoms with E-state index in [0.29, 0.717) is 5.56 Å². The standard InChI is InChI=1S/C14H16FNO4/c1-4-14(3,13(17)20-5-2)9-10-6-11(15)8-12(7-10)16(18)19/h4,6-8H,1,5,9H2,2-3H3. The Morgan fingerprint density at radius 1 is 1.55 bits per heavy atom. The monoisotopic (exact) mass is 281 g/mol. The molecule has 20 heavy (non-hydrogen) atoms. The molecule has 0 aliphatic carbocycles. The first kappa shape index (κ1) is 15.8. The maximum absolute atomic E-state index is 13.4. The number of nitro benzene ring substituents is 1. The average Bonchev–Trinajstić information content (AvgIpc) is 2.38. The number of esters is 1. The summed E-state index contributed by atoms with van der Waals surface area (Å²) in [5.41, 5.74) is -1.07. The Kier molecular flexibility index (Phi) is 4.96. The number of hydrogen-bond donors (Lipinski definition) is 0. The Bertz CT molecular complexity index is 544. The molecule has 0 amide bonds. The summed E-state index contributed by atoms with van der Waals surface area (Å²) in [6.45, 7) is 7.06. The van der Waals surface area contributed by atoms with Gasteiger partial charge < -0.3 is 4.74 Å². The lowest BCUT2D eigenvalue weighted by Crippen LogP contribution is -2.30. The Hall–Kier alpha value is -2.24. The van der Waals surface area contributed by atoms with Gasteiger partial charge in [0.1, 0.15) is 5.82 Å². The SMILES string of the molecule is C=CC(C)(Cc1cc(F)cc([N+](=O)[O-])c1)C(=O)OCC. The number of nitro groups is 1. The molecule has 5 nitrogen and oxygen atoms in total. The maximum Gasteiger partial charge on any atom is 0.315 e. The Morgan fingerprint density at radius 2 is 2.20 bits per heavy atom. The first-order valence-electron chi connectivity index (χ1n) is 6.07. The molecule has 0 fully saturated rings. The highest BCUT2D eigenvalue weighted by molar-refractivity contribution is 5.79. The van der Waals surface area contributed by atoms with E-state index in [-0.39, 0.29) is 18.7 Å². The highest BCUT2D eigenvalue weighted by Crippen LogP contribution is 2.28. The number of benzene rings is 1. The van der Waals surface area contributed by atoms with Gasteiger partial charge in [-0.15, -0.1) is 6.58 Å². The normalized spacial score (nSPS) is 13.3. The molecule has 1 rings (SSSR count). The van der Waals surface area contributed by atoms with Gasteiger partial charge in [0.25, 0.3) is 5.69 Å². The zero-order chi connectivity index (χ0) is 15.3. The van der Waals surface area contributed by atoms with Crippen LogP contribution in [0.4, 0.5) is 10.1 Å². The van der Waals surface area contributed by atoms with Crippen LogP contribution in [0.5, 0.6) is 0 Å². The summed E-state index contributed by atoms with van der Waals surface area (Å²) in [5.74, 6) is -1.22. The molecular weight excluding hydrogens is 265 g/mol. The molecule has 1 atom stereocenters. The average molecular weight is 281 g/mol. The van der Waals surface area contributed by atoms with E-state index >= 15 is 0 Å². The minimum atomic E-state index is -1.06. The summed E-state index contributed by atoms with van der Waals surface area (Å²) in [6.07, 6.45) is 1.48. The number of non-ortho nitro benzene ring substituents is 1. The van der Waals surface area contributed by atoms with Gasteiger partial charge in [-0.05, 0) is 31.9 Å². The number of carbonyl (C=O) groups is 1. The molecular formula is C14H16FNO4. The van der Waals surface area contributed by atoms with Crippen molar-refractivity contribution < 1.29 is 18.8 Å². The van der Waals surface area contributed by atoms with Crippen molar-refractivity contribution in [2.45, 2.75) is 20.3 Å². The van der Waals surface area contributed by atoms with E-state index in [1.54, 1.807) is 13.8 Å². The number of carbonyl (C=O) groups excluding carboxylic acids is 1. The van der Waals surface area contributed by atoms with Crippen molar-refractivity contribution in [3.05, 3.63) is 52.3 Å². The van der Waals surface area contributed by atoms with Crippen LogP contribution in [0.25, 0.3) is 0 Å². The zero-order valence-corrected chi connectivity index (χ0v) is 11.4. The molecule has 1 aromatic carbocycles. The predicted molar refractivity (Wildman–Crippen MR) is 71.7 cm³/mol. The molecule has 0 aliphatic rings. The van der Waals surface area contributed by atoms with Crippen molar-refractivity contribution in [1.82, 2.24) is 0 Å². The topological polar surface area (TPSA) is 69.4 Å². The summed E-state index contributed by atoms with van der Waals surface area (Å²) in [6, 6.07) is 3.23. The van der Waals surface area contributed by atoms with E-state index in [2.05, 4.69) is 6.58 Å². The molecule has 0 bridgehead atoms. The van der Waals surface area contributed by atoms with E-state index < -0.39 is 22.1 Å². The third-order valence-corrected chi connectivity index (χ3v) is 2.92. The fourth-order valence-electron chi connectivity index (χ4n) is 1.79. The first-order valence-corrected chi connectivity index (χ1v) is 6.07. The molecule has 0 N–H and O–H groups in total.